The van der Waals surface area contributed by atoms with Gasteiger partial charge in [0.15, 0.2) is 0 Å². The summed E-state index contributed by atoms with van der Waals surface area (Å²) in [5, 5.41) is 0. The van der Waals surface area contributed by atoms with Gasteiger partial charge in [-0.25, -0.2) is 4.39 Å². The Labute approximate surface area is 147 Å². The van der Waals surface area contributed by atoms with Crippen molar-refractivity contribution in [3.05, 3.63) is 59.9 Å². The Morgan fingerprint density at radius 1 is 0.957 bits per heavy atom. The lowest BCUT2D eigenvalue weighted by atomic mass is 9.74. The minimum absolute atomic E-state index is 0. The van der Waals surface area contributed by atoms with E-state index in [1.165, 1.54) is 24.1 Å². The van der Waals surface area contributed by atoms with E-state index in [9.17, 15) is 4.39 Å². The second kappa shape index (κ2) is 6.25. The van der Waals surface area contributed by atoms with E-state index in [0.717, 1.165) is 25.3 Å². The Morgan fingerprint density at radius 2 is 1.61 bits per heavy atom. The Hall–Kier alpha value is -1.39. The highest BCUT2D eigenvalue weighted by Gasteiger charge is 2.44. The maximum atomic E-state index is 13.2. The highest BCUT2D eigenvalue weighted by atomic mass is 79.9. The van der Waals surface area contributed by atoms with Crippen molar-refractivity contribution in [1.82, 2.24) is 4.90 Å². The number of para-hydroxylation sites is 1. The summed E-state index contributed by atoms with van der Waals surface area (Å²) >= 11 is 0. The zero-order chi connectivity index (χ0) is 15.2. The van der Waals surface area contributed by atoms with Crippen LogP contribution in [0.2, 0.25) is 0 Å². The number of halogens is 2. The Balaban J connectivity index is 0.00000156. The first-order chi connectivity index (χ1) is 10.7. The predicted molar refractivity (Wildman–Crippen MR) is 98.6 cm³/mol. The molecule has 0 amide bonds. The van der Waals surface area contributed by atoms with E-state index in [1.54, 1.807) is 12.1 Å². The van der Waals surface area contributed by atoms with E-state index < -0.39 is 0 Å². The standard InChI is InChI=1S/C19H21FN2.BrH/c1-21-12-10-19(11-13-21)14-22(16-8-6-15(20)7-9-16)18-5-3-2-4-17(18)19;/h2-9H,10-14H2,1H3;1H. The third-order valence-corrected chi connectivity index (χ3v) is 5.31. The molecule has 0 bridgehead atoms. The molecule has 4 rings (SSSR count). The molecule has 2 aromatic rings. The van der Waals surface area contributed by atoms with Crippen LogP contribution < -0.4 is 4.90 Å². The van der Waals surface area contributed by atoms with Crippen LogP contribution in [0.1, 0.15) is 18.4 Å². The van der Waals surface area contributed by atoms with Crippen molar-refractivity contribution < 1.29 is 4.39 Å². The lowest BCUT2D eigenvalue weighted by Crippen LogP contribution is -2.43. The first-order valence-electron chi connectivity index (χ1n) is 7.99. The molecule has 2 heterocycles. The SMILES string of the molecule is Br.CN1CCC2(CC1)CN(c1ccc(F)cc1)c1ccccc12. The normalized spacial score (nSPS) is 19.5. The summed E-state index contributed by atoms with van der Waals surface area (Å²) < 4.78 is 13.2. The molecule has 1 saturated heterocycles. The van der Waals surface area contributed by atoms with Crippen molar-refractivity contribution in [1.29, 1.82) is 0 Å². The summed E-state index contributed by atoms with van der Waals surface area (Å²) in [5.74, 6) is -0.176. The summed E-state index contributed by atoms with van der Waals surface area (Å²) in [4.78, 5) is 4.77. The van der Waals surface area contributed by atoms with Gasteiger partial charge < -0.3 is 9.80 Å². The first kappa shape index (κ1) is 16.5. The van der Waals surface area contributed by atoms with E-state index in [1.807, 2.05) is 12.1 Å². The van der Waals surface area contributed by atoms with Crippen LogP contribution in [-0.2, 0) is 5.41 Å². The summed E-state index contributed by atoms with van der Waals surface area (Å²) in [5.41, 5.74) is 4.09. The van der Waals surface area contributed by atoms with Crippen molar-refractivity contribution in [2.45, 2.75) is 18.3 Å². The Morgan fingerprint density at radius 3 is 2.30 bits per heavy atom. The molecular formula is C19H22BrFN2. The van der Waals surface area contributed by atoms with Gasteiger partial charge in [0.05, 0.1) is 0 Å². The molecule has 0 aliphatic carbocycles. The summed E-state index contributed by atoms with van der Waals surface area (Å²) in [7, 11) is 2.20. The molecule has 0 radical (unpaired) electrons. The second-order valence-corrected chi connectivity index (χ2v) is 6.66. The van der Waals surface area contributed by atoms with Crippen LogP contribution in [0, 0.1) is 5.82 Å². The summed E-state index contributed by atoms with van der Waals surface area (Å²) in [6, 6.07) is 15.6. The van der Waals surface area contributed by atoms with Gasteiger partial charge in [-0.1, -0.05) is 18.2 Å². The summed E-state index contributed by atoms with van der Waals surface area (Å²) in [6.07, 6.45) is 2.39. The third-order valence-electron chi connectivity index (χ3n) is 5.31. The molecule has 4 heteroatoms. The summed E-state index contributed by atoms with van der Waals surface area (Å²) in [6.45, 7) is 3.29. The molecule has 1 spiro atoms. The van der Waals surface area contributed by atoms with E-state index in [-0.39, 0.29) is 28.2 Å². The quantitative estimate of drug-likeness (QED) is 0.721. The molecule has 0 aromatic heterocycles. The van der Waals surface area contributed by atoms with Crippen molar-refractivity contribution in [3.8, 4) is 0 Å². The van der Waals surface area contributed by atoms with Gasteiger partial charge in [0.25, 0.3) is 0 Å². The molecule has 0 atom stereocenters. The Kier molecular flexibility index (Phi) is 4.47. The van der Waals surface area contributed by atoms with Gasteiger partial charge in [-0.15, -0.1) is 17.0 Å². The van der Waals surface area contributed by atoms with Gasteiger partial charge in [0, 0.05) is 23.3 Å². The average Bonchev–Trinajstić information content (AvgIpc) is 2.87. The van der Waals surface area contributed by atoms with Crippen LogP contribution in [0.5, 0.6) is 0 Å². The van der Waals surface area contributed by atoms with Crippen molar-refractivity contribution in [2.24, 2.45) is 0 Å². The highest BCUT2D eigenvalue weighted by molar-refractivity contribution is 8.93. The second-order valence-electron chi connectivity index (χ2n) is 6.66. The van der Waals surface area contributed by atoms with Gasteiger partial charge in [0.1, 0.15) is 5.82 Å². The molecule has 2 aliphatic rings. The minimum atomic E-state index is -0.176. The fraction of sp³-hybridized carbons (Fsp3) is 0.368. The molecular weight excluding hydrogens is 355 g/mol. The fourth-order valence-corrected chi connectivity index (χ4v) is 3.96. The van der Waals surface area contributed by atoms with E-state index in [4.69, 9.17) is 0 Å². The number of anilines is 2. The zero-order valence-electron chi connectivity index (χ0n) is 13.3. The molecule has 0 unspecified atom stereocenters. The topological polar surface area (TPSA) is 6.48 Å². The van der Waals surface area contributed by atoms with Crippen LogP contribution in [0.3, 0.4) is 0 Å². The van der Waals surface area contributed by atoms with E-state index in [0.29, 0.717) is 0 Å². The molecule has 2 nitrogen and oxygen atoms in total. The molecule has 0 saturated carbocycles. The van der Waals surface area contributed by atoms with E-state index >= 15 is 0 Å². The lowest BCUT2D eigenvalue weighted by molar-refractivity contribution is 0.198. The van der Waals surface area contributed by atoms with Crippen LogP contribution in [0.25, 0.3) is 0 Å². The molecule has 2 aliphatic heterocycles. The third kappa shape index (κ3) is 2.79. The molecule has 1 fully saturated rings. The van der Waals surface area contributed by atoms with Crippen LogP contribution in [0.15, 0.2) is 48.5 Å². The zero-order valence-corrected chi connectivity index (χ0v) is 15.0. The molecule has 23 heavy (non-hydrogen) atoms. The average molecular weight is 377 g/mol. The lowest BCUT2D eigenvalue weighted by Gasteiger charge is -2.38. The predicted octanol–water partition coefficient (Wildman–Crippen LogP) is 4.52. The number of benzene rings is 2. The molecule has 0 N–H and O–H groups in total. The van der Waals surface area contributed by atoms with Gasteiger partial charge in [-0.3, -0.25) is 0 Å². The number of likely N-dealkylation sites (tertiary alicyclic amines) is 1. The number of hydrogen-bond acceptors (Lipinski definition) is 2. The fourth-order valence-electron chi connectivity index (χ4n) is 3.96. The van der Waals surface area contributed by atoms with Crippen molar-refractivity contribution in [3.63, 3.8) is 0 Å². The molecule has 2 aromatic carbocycles. The van der Waals surface area contributed by atoms with Gasteiger partial charge >= 0.3 is 0 Å². The minimum Gasteiger partial charge on any atom is -0.340 e. The maximum absolute atomic E-state index is 13.2. The number of rotatable bonds is 1. The maximum Gasteiger partial charge on any atom is 0.123 e. The number of nitrogens with zero attached hydrogens (tertiary/aromatic N) is 2. The Bertz CT molecular complexity index is 678. The smallest absolute Gasteiger partial charge is 0.123 e. The number of hydrogen-bond donors (Lipinski definition) is 0. The van der Waals surface area contributed by atoms with Crippen LogP contribution in [-0.4, -0.2) is 31.6 Å². The van der Waals surface area contributed by atoms with Crippen LogP contribution >= 0.6 is 17.0 Å². The highest BCUT2D eigenvalue weighted by Crippen LogP contribution is 2.49. The monoisotopic (exact) mass is 376 g/mol. The van der Waals surface area contributed by atoms with Gasteiger partial charge in [0.2, 0.25) is 0 Å². The van der Waals surface area contributed by atoms with Gasteiger partial charge in [-0.2, -0.15) is 0 Å². The largest absolute Gasteiger partial charge is 0.340 e. The van der Waals surface area contributed by atoms with Crippen molar-refractivity contribution >= 4 is 28.4 Å². The number of piperidine rings is 1. The van der Waals surface area contributed by atoms with Crippen LogP contribution in [0.4, 0.5) is 15.8 Å². The van der Waals surface area contributed by atoms with E-state index in [2.05, 4.69) is 41.1 Å². The molecule has 122 valence electrons. The first-order valence-corrected chi connectivity index (χ1v) is 7.99. The van der Waals surface area contributed by atoms with Gasteiger partial charge in [-0.05, 0) is 68.9 Å². The van der Waals surface area contributed by atoms with Crippen molar-refractivity contribution in [2.75, 3.05) is 31.6 Å². The number of fused-ring (bicyclic) bond motifs is 2.